The third kappa shape index (κ3) is 3.32. The molecule has 1 N–H and O–H groups in total. The normalized spacial score (nSPS) is 12.0. The number of carbonyl (C=O) groups is 1. The number of hydrogen-bond donors (Lipinski definition) is 1. The monoisotopic (exact) mass is 377 g/mol. The molecule has 0 atom stereocenters. The minimum absolute atomic E-state index is 0.0915. The summed E-state index contributed by atoms with van der Waals surface area (Å²) in [5.74, 6) is 0.584. The lowest BCUT2D eigenvalue weighted by molar-refractivity contribution is -0.305. The van der Waals surface area contributed by atoms with Gasteiger partial charge in [-0.25, -0.2) is 9.97 Å². The maximum Gasteiger partial charge on any atom is 0.197 e. The van der Waals surface area contributed by atoms with Gasteiger partial charge in [0, 0.05) is 23.3 Å². The first-order valence-corrected chi connectivity index (χ1v) is 8.75. The van der Waals surface area contributed by atoms with Crippen LogP contribution in [0.15, 0.2) is 50.6 Å². The number of anilines is 1. The number of carboxylic acid groups (broad SMARTS) is 1. The average molecular weight is 377 g/mol. The quantitative estimate of drug-likeness (QED) is 0.405. The number of furan rings is 2. The number of nitrogens with one attached hydrogen (secondary N) is 1. The number of carboxylic acids is 1. The molecule has 0 unspecified atom stereocenters. The summed E-state index contributed by atoms with van der Waals surface area (Å²) in [6.45, 7) is 3.63. The van der Waals surface area contributed by atoms with Gasteiger partial charge in [-0.05, 0) is 38.5 Å². The Morgan fingerprint density at radius 1 is 1.25 bits per heavy atom. The van der Waals surface area contributed by atoms with Gasteiger partial charge < -0.3 is 18.7 Å². The standard InChI is InChI=1S/C20H18N4O4/c1-11(15-9-13(27-12(15)2)7-8-17(25)26)23-24-20-19-18(21-10-22-20)14-5-3-4-6-16(14)28-19/h3-6,9-10H,7-8H2,1-2H3,(H,25,26)(H,21,22,24)/p-1/b23-11-. The van der Waals surface area contributed by atoms with Crippen LogP contribution in [0.4, 0.5) is 5.82 Å². The molecule has 0 fully saturated rings. The van der Waals surface area contributed by atoms with E-state index in [0.29, 0.717) is 34.1 Å². The highest BCUT2D eigenvalue weighted by atomic mass is 16.4. The van der Waals surface area contributed by atoms with Crippen molar-refractivity contribution in [2.24, 2.45) is 5.10 Å². The fraction of sp³-hybridized carbons (Fsp3) is 0.200. The van der Waals surface area contributed by atoms with E-state index < -0.39 is 5.97 Å². The molecule has 0 spiro atoms. The number of nitrogens with zero attached hydrogens (tertiary/aromatic N) is 3. The predicted molar refractivity (Wildman–Crippen MR) is 102 cm³/mol. The summed E-state index contributed by atoms with van der Waals surface area (Å²) in [6, 6.07) is 9.42. The van der Waals surface area contributed by atoms with Crippen LogP contribution in [0.3, 0.4) is 0 Å². The summed E-state index contributed by atoms with van der Waals surface area (Å²) >= 11 is 0. The van der Waals surface area contributed by atoms with E-state index in [4.69, 9.17) is 8.83 Å². The summed E-state index contributed by atoms with van der Waals surface area (Å²) in [6.07, 6.45) is 1.64. The first kappa shape index (κ1) is 17.7. The Bertz CT molecular complexity index is 1210. The summed E-state index contributed by atoms with van der Waals surface area (Å²) in [7, 11) is 0. The van der Waals surface area contributed by atoms with E-state index in [1.54, 1.807) is 13.0 Å². The fourth-order valence-corrected chi connectivity index (χ4v) is 3.05. The van der Waals surface area contributed by atoms with E-state index >= 15 is 0 Å². The number of hydrazone groups is 1. The van der Waals surface area contributed by atoms with Crippen molar-refractivity contribution < 1.29 is 18.7 Å². The third-order valence-electron chi connectivity index (χ3n) is 4.42. The molecule has 1 aromatic carbocycles. The van der Waals surface area contributed by atoms with Crippen LogP contribution in [0.25, 0.3) is 22.1 Å². The molecule has 0 radical (unpaired) electrons. The maximum atomic E-state index is 10.6. The van der Waals surface area contributed by atoms with Crippen LogP contribution in [0.5, 0.6) is 0 Å². The smallest absolute Gasteiger partial charge is 0.197 e. The van der Waals surface area contributed by atoms with Gasteiger partial charge >= 0.3 is 0 Å². The molecule has 4 rings (SSSR count). The summed E-state index contributed by atoms with van der Waals surface area (Å²) < 4.78 is 11.5. The molecule has 0 aliphatic heterocycles. The van der Waals surface area contributed by atoms with E-state index in [1.807, 2.05) is 31.2 Å². The number of hydrogen-bond acceptors (Lipinski definition) is 8. The van der Waals surface area contributed by atoms with Crippen LogP contribution in [0.1, 0.15) is 30.4 Å². The second-order valence-corrected chi connectivity index (χ2v) is 6.36. The van der Waals surface area contributed by atoms with Gasteiger partial charge in [0.05, 0.1) is 5.71 Å². The molecule has 0 aliphatic carbocycles. The van der Waals surface area contributed by atoms with E-state index in [1.165, 1.54) is 6.33 Å². The molecule has 4 aromatic rings. The first-order valence-electron chi connectivity index (χ1n) is 8.75. The van der Waals surface area contributed by atoms with E-state index in [9.17, 15) is 9.90 Å². The van der Waals surface area contributed by atoms with Gasteiger partial charge in [0.1, 0.15) is 28.9 Å². The Labute approximate surface area is 159 Å². The molecule has 142 valence electrons. The number of carbonyl (C=O) groups excluding carboxylic acids is 1. The number of benzene rings is 1. The van der Waals surface area contributed by atoms with Crippen LogP contribution in [-0.4, -0.2) is 21.6 Å². The first-order chi connectivity index (χ1) is 13.5. The molecule has 28 heavy (non-hydrogen) atoms. The SMILES string of the molecule is C/C(=N/Nc1ncnc2c1oc1ccccc12)c1cc(CCC(=O)[O-])oc1C. The van der Waals surface area contributed by atoms with Gasteiger partial charge in [-0.2, -0.15) is 5.10 Å². The van der Waals surface area contributed by atoms with Crippen molar-refractivity contribution in [3.63, 3.8) is 0 Å². The minimum Gasteiger partial charge on any atom is -0.550 e. The molecule has 0 aliphatic rings. The molecule has 0 saturated heterocycles. The Kier molecular flexibility index (Phi) is 4.52. The molecule has 8 nitrogen and oxygen atoms in total. The zero-order chi connectivity index (χ0) is 19.7. The highest BCUT2D eigenvalue weighted by molar-refractivity contribution is 6.06. The lowest BCUT2D eigenvalue weighted by atomic mass is 10.1. The predicted octanol–water partition coefficient (Wildman–Crippen LogP) is 2.80. The third-order valence-corrected chi connectivity index (χ3v) is 4.42. The number of para-hydroxylation sites is 1. The molecular weight excluding hydrogens is 360 g/mol. The zero-order valence-electron chi connectivity index (χ0n) is 15.4. The topological polar surface area (TPSA) is 117 Å². The van der Waals surface area contributed by atoms with Crippen LogP contribution < -0.4 is 10.5 Å². The van der Waals surface area contributed by atoms with Gasteiger partial charge in [-0.3, -0.25) is 5.43 Å². The summed E-state index contributed by atoms with van der Waals surface area (Å²) in [5.41, 5.74) is 6.36. The van der Waals surface area contributed by atoms with E-state index in [0.717, 1.165) is 16.5 Å². The van der Waals surface area contributed by atoms with Crippen LogP contribution in [0, 0.1) is 6.92 Å². The number of aryl methyl sites for hydroxylation is 2. The minimum atomic E-state index is -1.11. The van der Waals surface area contributed by atoms with Gasteiger partial charge in [0.15, 0.2) is 11.4 Å². The van der Waals surface area contributed by atoms with Crippen LogP contribution >= 0.6 is 0 Å². The molecule has 3 heterocycles. The average Bonchev–Trinajstić information content (AvgIpc) is 3.25. The second-order valence-electron chi connectivity index (χ2n) is 6.36. The van der Waals surface area contributed by atoms with E-state index in [-0.39, 0.29) is 12.8 Å². The Morgan fingerprint density at radius 3 is 2.89 bits per heavy atom. The lowest BCUT2D eigenvalue weighted by Gasteiger charge is -2.02. The van der Waals surface area contributed by atoms with Gasteiger partial charge in [0.25, 0.3) is 0 Å². The molecule has 0 bridgehead atoms. The molecule has 0 saturated carbocycles. The van der Waals surface area contributed by atoms with Crippen molar-refractivity contribution in [1.82, 2.24) is 9.97 Å². The Hall–Kier alpha value is -3.68. The summed E-state index contributed by atoms with van der Waals surface area (Å²) in [4.78, 5) is 19.2. The second kappa shape index (κ2) is 7.15. The lowest BCUT2D eigenvalue weighted by Crippen LogP contribution is -2.22. The van der Waals surface area contributed by atoms with Crippen molar-refractivity contribution >= 4 is 39.6 Å². The molecule has 8 heteroatoms. The molecule has 0 amide bonds. The molecular formula is C20H17N4O4-. The Morgan fingerprint density at radius 2 is 2.07 bits per heavy atom. The summed E-state index contributed by atoms with van der Waals surface area (Å²) in [5, 5.41) is 15.9. The fourth-order valence-electron chi connectivity index (χ4n) is 3.05. The van der Waals surface area contributed by atoms with Crippen molar-refractivity contribution in [3.05, 3.63) is 53.7 Å². The Balaban J connectivity index is 1.61. The number of rotatable bonds is 6. The largest absolute Gasteiger partial charge is 0.550 e. The number of aliphatic carboxylic acids is 1. The van der Waals surface area contributed by atoms with Gasteiger partial charge in [-0.15, -0.1) is 0 Å². The van der Waals surface area contributed by atoms with Crippen molar-refractivity contribution in [3.8, 4) is 0 Å². The molecule has 3 aromatic heterocycles. The number of fused-ring (bicyclic) bond motifs is 3. The van der Waals surface area contributed by atoms with Gasteiger partial charge in [0.2, 0.25) is 0 Å². The number of aromatic nitrogens is 2. The van der Waals surface area contributed by atoms with Gasteiger partial charge in [-0.1, -0.05) is 12.1 Å². The van der Waals surface area contributed by atoms with E-state index in [2.05, 4.69) is 20.5 Å². The van der Waals surface area contributed by atoms with Crippen molar-refractivity contribution in [2.45, 2.75) is 26.7 Å². The zero-order valence-corrected chi connectivity index (χ0v) is 15.4. The van der Waals surface area contributed by atoms with Crippen molar-refractivity contribution in [2.75, 3.05) is 5.43 Å². The highest BCUT2D eigenvalue weighted by Gasteiger charge is 2.14. The maximum absolute atomic E-state index is 10.6. The highest BCUT2D eigenvalue weighted by Crippen LogP contribution is 2.30. The van der Waals surface area contributed by atoms with Crippen LogP contribution in [-0.2, 0) is 11.2 Å². The van der Waals surface area contributed by atoms with Crippen LogP contribution in [0.2, 0.25) is 0 Å². The van der Waals surface area contributed by atoms with Crippen molar-refractivity contribution in [1.29, 1.82) is 0 Å².